The number of carbonyl (C=O) groups is 1. The van der Waals surface area contributed by atoms with Gasteiger partial charge < -0.3 is 19.8 Å². The van der Waals surface area contributed by atoms with E-state index in [1.165, 1.54) is 5.69 Å². The molecule has 1 amide bonds. The zero-order chi connectivity index (χ0) is 27.3. The minimum Gasteiger partial charge on any atom is -0.378 e. The topological polar surface area (TPSA) is 98.8 Å². The summed E-state index contributed by atoms with van der Waals surface area (Å²) in [6, 6.07) is 3.10. The largest absolute Gasteiger partial charge is 0.378 e. The van der Waals surface area contributed by atoms with Gasteiger partial charge in [0.05, 0.1) is 42.3 Å². The molecule has 40 heavy (non-hydrogen) atoms. The zero-order valence-corrected chi connectivity index (χ0v) is 23.5. The molecular formula is C30H41N7O3. The molecule has 0 bridgehead atoms. The number of piperazine rings is 1. The number of nitrogens with one attached hydrogen (secondary N) is 1. The molecule has 6 aliphatic rings. The van der Waals surface area contributed by atoms with Crippen LogP contribution >= 0.6 is 0 Å². The summed E-state index contributed by atoms with van der Waals surface area (Å²) in [6.07, 6.45) is 12.9. The average Bonchev–Trinajstić information content (AvgIpc) is 3.40. The lowest BCUT2D eigenvalue weighted by atomic mass is 9.77. The minimum absolute atomic E-state index is 0.0404. The zero-order valence-electron chi connectivity index (χ0n) is 23.5. The molecule has 5 aliphatic heterocycles. The minimum atomic E-state index is -0.147. The number of dihydropyridines is 1. The number of methoxy groups -OCH3 is 1. The fraction of sp³-hybridized carbons (Fsp3) is 0.667. The Morgan fingerprint density at radius 3 is 2.50 bits per heavy atom. The highest BCUT2D eigenvalue weighted by atomic mass is 16.5. The van der Waals surface area contributed by atoms with Crippen LogP contribution in [0.4, 0.5) is 0 Å². The first-order valence-electron chi connectivity index (χ1n) is 15.0. The van der Waals surface area contributed by atoms with Crippen molar-refractivity contribution in [2.24, 2.45) is 21.9 Å². The van der Waals surface area contributed by atoms with Gasteiger partial charge in [-0.25, -0.2) is 4.68 Å². The number of likely N-dealkylation sites (tertiary alicyclic amines) is 1. The smallest absolute Gasteiger partial charge is 0.226 e. The van der Waals surface area contributed by atoms with Crippen molar-refractivity contribution in [3.8, 4) is 0 Å². The summed E-state index contributed by atoms with van der Waals surface area (Å²) in [5.74, 6) is 0.563. The number of fused-ring (bicyclic) bond motifs is 1. The summed E-state index contributed by atoms with van der Waals surface area (Å²) < 4.78 is 13.6. The van der Waals surface area contributed by atoms with E-state index in [9.17, 15) is 4.79 Å². The lowest BCUT2D eigenvalue weighted by Crippen LogP contribution is -2.57. The van der Waals surface area contributed by atoms with Gasteiger partial charge in [0.25, 0.3) is 0 Å². The second kappa shape index (κ2) is 10.6. The standard InChI is InChI=1S/C30H41N7O3/c1-39-30(5-8-34(9-6-30)25-19-40-20-25)23-2-3-26(32-17-23)22-16-28-27(4-7-33-37(28)18-22)35-10-12-36(13-11-35)29(38)21-14-24(31)15-21/h2-3,7,16,18,21,23,25,27,31H,4-6,8-15,17,19-20H2,1H3. The first kappa shape index (κ1) is 26.3. The molecule has 10 heteroatoms. The predicted molar refractivity (Wildman–Crippen MR) is 153 cm³/mol. The molecule has 1 aliphatic carbocycles. The molecule has 2 unspecified atom stereocenters. The Kier molecular flexibility index (Phi) is 6.98. The van der Waals surface area contributed by atoms with Crippen LogP contribution < -0.4 is 0 Å². The van der Waals surface area contributed by atoms with E-state index in [-0.39, 0.29) is 29.4 Å². The fourth-order valence-corrected chi connectivity index (χ4v) is 7.35. The number of allylic oxidation sites excluding steroid dienone is 1. The van der Waals surface area contributed by atoms with Crippen molar-refractivity contribution in [1.82, 2.24) is 19.4 Å². The number of amides is 1. The summed E-state index contributed by atoms with van der Waals surface area (Å²) in [4.78, 5) is 24.9. The van der Waals surface area contributed by atoms with Crippen LogP contribution in [0.3, 0.4) is 0 Å². The van der Waals surface area contributed by atoms with Gasteiger partial charge in [-0.1, -0.05) is 6.08 Å². The molecule has 6 heterocycles. The Labute approximate surface area is 236 Å². The van der Waals surface area contributed by atoms with Crippen LogP contribution in [-0.4, -0.2) is 121 Å². The van der Waals surface area contributed by atoms with E-state index < -0.39 is 0 Å². The summed E-state index contributed by atoms with van der Waals surface area (Å²) in [6.45, 7) is 7.84. The number of aliphatic imine (C=N–C) groups is 1. The van der Waals surface area contributed by atoms with Crippen LogP contribution in [0.1, 0.15) is 49.4 Å². The van der Waals surface area contributed by atoms with E-state index in [0.717, 1.165) is 89.6 Å². The predicted octanol–water partition coefficient (Wildman–Crippen LogP) is 2.20. The van der Waals surface area contributed by atoms with Gasteiger partial charge in [-0.05, 0) is 37.8 Å². The molecule has 1 saturated carbocycles. The quantitative estimate of drug-likeness (QED) is 0.589. The second-order valence-electron chi connectivity index (χ2n) is 12.3. The van der Waals surface area contributed by atoms with Crippen LogP contribution in [0.5, 0.6) is 0 Å². The lowest BCUT2D eigenvalue weighted by Gasteiger charge is -2.48. The van der Waals surface area contributed by atoms with E-state index in [4.69, 9.17) is 19.9 Å². The average molecular weight is 548 g/mol. The molecular weight excluding hydrogens is 506 g/mol. The van der Waals surface area contributed by atoms with E-state index in [2.05, 4.69) is 39.3 Å². The maximum atomic E-state index is 12.8. The number of aromatic nitrogens is 1. The molecule has 1 aromatic rings. The van der Waals surface area contributed by atoms with Crippen molar-refractivity contribution >= 4 is 23.5 Å². The van der Waals surface area contributed by atoms with Crippen molar-refractivity contribution < 1.29 is 14.3 Å². The van der Waals surface area contributed by atoms with Crippen LogP contribution in [0, 0.1) is 17.2 Å². The summed E-state index contributed by atoms with van der Waals surface area (Å²) >= 11 is 0. The van der Waals surface area contributed by atoms with Gasteiger partial charge in [0.1, 0.15) is 0 Å². The first-order valence-corrected chi connectivity index (χ1v) is 15.0. The molecule has 0 radical (unpaired) electrons. The molecule has 4 fully saturated rings. The van der Waals surface area contributed by atoms with Crippen LogP contribution in [0.15, 0.2) is 34.5 Å². The highest BCUT2D eigenvalue weighted by Gasteiger charge is 2.43. The fourth-order valence-electron chi connectivity index (χ4n) is 7.35. The number of hydrogen-bond acceptors (Lipinski definition) is 8. The van der Waals surface area contributed by atoms with E-state index >= 15 is 0 Å². The Bertz CT molecular complexity index is 1220. The third-order valence-corrected chi connectivity index (χ3v) is 10.2. The molecule has 0 aromatic carbocycles. The first-order chi connectivity index (χ1) is 19.5. The Morgan fingerprint density at radius 2 is 1.88 bits per heavy atom. The highest BCUT2D eigenvalue weighted by Crippen LogP contribution is 2.37. The number of hydrogen-bond donors (Lipinski definition) is 1. The van der Waals surface area contributed by atoms with E-state index in [0.29, 0.717) is 24.6 Å². The molecule has 3 saturated heterocycles. The number of rotatable bonds is 6. The molecule has 0 spiro atoms. The molecule has 1 N–H and O–H groups in total. The summed E-state index contributed by atoms with van der Waals surface area (Å²) in [7, 11) is 1.87. The number of carbonyl (C=O) groups excluding carboxylic acids is 1. The van der Waals surface area contributed by atoms with Gasteiger partial charge >= 0.3 is 0 Å². The van der Waals surface area contributed by atoms with Gasteiger partial charge in [0.2, 0.25) is 5.91 Å². The highest BCUT2D eigenvalue weighted by molar-refractivity contribution is 6.09. The summed E-state index contributed by atoms with van der Waals surface area (Å²) in [5.41, 5.74) is 3.89. The Balaban J connectivity index is 0.985. The van der Waals surface area contributed by atoms with Crippen LogP contribution in [-0.2, 0) is 14.3 Å². The normalized spacial score (nSPS) is 30.9. The maximum Gasteiger partial charge on any atom is 0.226 e. The van der Waals surface area contributed by atoms with Gasteiger partial charge in [0, 0.05) is 94.9 Å². The van der Waals surface area contributed by atoms with Crippen LogP contribution in [0.2, 0.25) is 0 Å². The lowest BCUT2D eigenvalue weighted by molar-refractivity contribution is -0.138. The molecule has 10 nitrogen and oxygen atoms in total. The monoisotopic (exact) mass is 547 g/mol. The number of piperidine rings is 1. The van der Waals surface area contributed by atoms with Crippen molar-refractivity contribution in [3.05, 3.63) is 35.7 Å². The number of ether oxygens (including phenoxy) is 2. The van der Waals surface area contributed by atoms with Gasteiger partial charge in [-0.15, -0.1) is 0 Å². The third-order valence-electron chi connectivity index (χ3n) is 10.2. The van der Waals surface area contributed by atoms with Crippen molar-refractivity contribution in [2.45, 2.75) is 49.8 Å². The van der Waals surface area contributed by atoms with E-state index in [1.807, 2.05) is 22.9 Å². The Hall–Kier alpha value is -2.66. The van der Waals surface area contributed by atoms with Gasteiger partial charge in [-0.2, -0.15) is 5.10 Å². The van der Waals surface area contributed by atoms with Gasteiger partial charge in [-0.3, -0.25) is 19.6 Å². The Morgan fingerprint density at radius 1 is 1.10 bits per heavy atom. The van der Waals surface area contributed by atoms with Crippen LogP contribution in [0.25, 0.3) is 0 Å². The maximum absolute atomic E-state index is 12.8. The molecule has 1 aromatic heterocycles. The van der Waals surface area contributed by atoms with Crippen molar-refractivity contribution in [1.29, 1.82) is 5.41 Å². The van der Waals surface area contributed by atoms with Gasteiger partial charge in [0.15, 0.2) is 0 Å². The second-order valence-corrected chi connectivity index (χ2v) is 12.3. The summed E-state index contributed by atoms with van der Waals surface area (Å²) in [5, 5.41) is 12.3. The molecule has 2 atom stereocenters. The third kappa shape index (κ3) is 4.68. The molecule has 214 valence electrons. The SMILES string of the molecule is COC1(C2C=CC(c3cc4n(c3)N=CCC4N3CCN(C(=O)C4CC(=N)C4)CC3)=NC2)CCN(C2COC2)CC1. The molecule has 7 rings (SSSR count). The van der Waals surface area contributed by atoms with Crippen molar-refractivity contribution in [3.63, 3.8) is 0 Å². The van der Waals surface area contributed by atoms with E-state index in [1.54, 1.807) is 0 Å². The van der Waals surface area contributed by atoms with Crippen molar-refractivity contribution in [2.75, 3.05) is 66.1 Å². The number of nitrogens with zero attached hydrogens (tertiary/aromatic N) is 6.